The number of nitrogens with one attached hydrogen (secondary N) is 1. The average molecular weight is 352 g/mol. The van der Waals surface area contributed by atoms with Crippen LogP contribution in [0.3, 0.4) is 0 Å². The molecular weight excluding hydrogens is 333 g/mol. The van der Waals surface area contributed by atoms with Crippen LogP contribution >= 0.6 is 0 Å². The first-order valence-corrected chi connectivity index (χ1v) is 8.54. The number of nitrogens with zero attached hydrogens (tertiary/aromatic N) is 1. The quantitative estimate of drug-likeness (QED) is 0.818. The molecule has 23 heavy (non-hydrogen) atoms. The minimum absolute atomic E-state index is 0.0557. The number of halogens is 3. The molecule has 0 radical (unpaired) electrons. The number of rotatable bonds is 7. The molecule has 0 bridgehead atoms. The number of carbonyl (C=O) groups is 1. The van der Waals surface area contributed by atoms with E-state index in [0.29, 0.717) is 19.2 Å². The molecule has 0 spiro atoms. The van der Waals surface area contributed by atoms with E-state index in [9.17, 15) is 26.4 Å². The molecular formula is C14H19F3N2O3S. The molecule has 0 saturated heterocycles. The molecule has 5 nitrogen and oxygen atoms in total. The predicted octanol–water partition coefficient (Wildman–Crippen LogP) is 2.24. The summed E-state index contributed by atoms with van der Waals surface area (Å²) in [6.07, 6.45) is -4.68. The third kappa shape index (κ3) is 5.51. The molecule has 0 aliphatic heterocycles. The Balaban J connectivity index is 2.76. The molecule has 0 aromatic heterocycles. The Bertz CT molecular complexity index is 641. The maximum atomic E-state index is 12.6. The third-order valence-electron chi connectivity index (χ3n) is 3.22. The van der Waals surface area contributed by atoms with Crippen LogP contribution in [0.5, 0.6) is 0 Å². The zero-order valence-corrected chi connectivity index (χ0v) is 13.7. The Morgan fingerprint density at radius 2 is 1.83 bits per heavy atom. The predicted molar refractivity (Wildman–Crippen MR) is 79.2 cm³/mol. The monoisotopic (exact) mass is 352 g/mol. The Morgan fingerprint density at radius 3 is 2.35 bits per heavy atom. The maximum absolute atomic E-state index is 12.6. The molecule has 130 valence electrons. The molecule has 1 aromatic carbocycles. The third-order valence-corrected chi connectivity index (χ3v) is 4.68. The Hall–Kier alpha value is -1.61. The van der Waals surface area contributed by atoms with Gasteiger partial charge in [-0.1, -0.05) is 6.07 Å². The Morgan fingerprint density at radius 1 is 1.22 bits per heavy atom. The molecule has 1 N–H and O–H groups in total. The highest BCUT2D eigenvalue weighted by Gasteiger charge is 2.31. The summed E-state index contributed by atoms with van der Waals surface area (Å²) in [5.74, 6) is -0.221. The second-order valence-corrected chi connectivity index (χ2v) is 6.51. The number of hydrogen-bond donors (Lipinski definition) is 1. The summed E-state index contributed by atoms with van der Waals surface area (Å²) in [5, 5.41) is 0. The lowest BCUT2D eigenvalue weighted by molar-refractivity contribution is -0.137. The van der Waals surface area contributed by atoms with Crippen LogP contribution < -0.4 is 4.72 Å². The first-order chi connectivity index (χ1) is 10.6. The molecule has 0 aliphatic carbocycles. The number of carbonyl (C=O) groups excluding carboxylic acids is 1. The highest BCUT2D eigenvalue weighted by Crippen LogP contribution is 2.30. The minimum atomic E-state index is -4.62. The van der Waals surface area contributed by atoms with Gasteiger partial charge < -0.3 is 4.90 Å². The van der Waals surface area contributed by atoms with Gasteiger partial charge in [-0.3, -0.25) is 4.79 Å². The zero-order chi connectivity index (χ0) is 17.7. The van der Waals surface area contributed by atoms with E-state index in [1.807, 2.05) is 0 Å². The van der Waals surface area contributed by atoms with E-state index in [-0.39, 0.29) is 18.9 Å². The Labute approximate surface area is 133 Å². The normalized spacial score (nSPS) is 12.2. The second kappa shape index (κ2) is 7.78. The lowest BCUT2D eigenvalue weighted by Crippen LogP contribution is -2.34. The van der Waals surface area contributed by atoms with E-state index in [0.717, 1.165) is 18.2 Å². The highest BCUT2D eigenvalue weighted by atomic mass is 32.2. The van der Waals surface area contributed by atoms with Crippen molar-refractivity contribution in [1.29, 1.82) is 0 Å². The van der Waals surface area contributed by atoms with E-state index in [2.05, 4.69) is 4.72 Å². The zero-order valence-electron chi connectivity index (χ0n) is 12.9. The van der Waals surface area contributed by atoms with Crippen molar-refractivity contribution >= 4 is 15.9 Å². The van der Waals surface area contributed by atoms with E-state index in [4.69, 9.17) is 0 Å². The first kappa shape index (κ1) is 19.4. The van der Waals surface area contributed by atoms with Gasteiger partial charge in [0.2, 0.25) is 15.9 Å². The van der Waals surface area contributed by atoms with E-state index < -0.39 is 26.7 Å². The SMILES string of the molecule is CCN(CC)C(=O)CCNS(=O)(=O)c1cccc(C(F)(F)F)c1. The van der Waals surface area contributed by atoms with Gasteiger partial charge in [-0.25, -0.2) is 13.1 Å². The number of sulfonamides is 1. The molecule has 1 aromatic rings. The molecule has 9 heteroatoms. The van der Waals surface area contributed by atoms with Crippen LogP contribution in [0.15, 0.2) is 29.2 Å². The van der Waals surface area contributed by atoms with E-state index in [1.54, 1.807) is 18.7 Å². The topological polar surface area (TPSA) is 66.5 Å². The minimum Gasteiger partial charge on any atom is -0.343 e. The molecule has 0 saturated carbocycles. The summed E-state index contributed by atoms with van der Waals surface area (Å²) in [6, 6.07) is 3.46. The van der Waals surface area contributed by atoms with Crippen molar-refractivity contribution in [3.05, 3.63) is 29.8 Å². The highest BCUT2D eigenvalue weighted by molar-refractivity contribution is 7.89. The molecule has 1 rings (SSSR count). The van der Waals surface area contributed by atoms with Crippen LogP contribution in [0.25, 0.3) is 0 Å². The lowest BCUT2D eigenvalue weighted by Gasteiger charge is -2.18. The second-order valence-electron chi connectivity index (χ2n) is 4.74. The standard InChI is InChI=1S/C14H19F3N2O3S/c1-3-19(4-2)13(20)8-9-18-23(21,22)12-7-5-6-11(10-12)14(15,16)17/h5-7,10,18H,3-4,8-9H2,1-2H3. The summed E-state index contributed by atoms with van der Waals surface area (Å²) in [4.78, 5) is 12.8. The van der Waals surface area contributed by atoms with Crippen molar-refractivity contribution in [2.24, 2.45) is 0 Å². The summed E-state index contributed by atoms with van der Waals surface area (Å²) in [5.41, 5.74) is -1.04. The van der Waals surface area contributed by atoms with Crippen molar-refractivity contribution in [3.63, 3.8) is 0 Å². The van der Waals surface area contributed by atoms with Crippen LogP contribution in [0.1, 0.15) is 25.8 Å². The van der Waals surface area contributed by atoms with Gasteiger partial charge in [-0.15, -0.1) is 0 Å². The number of alkyl halides is 3. The van der Waals surface area contributed by atoms with Crippen molar-refractivity contribution in [1.82, 2.24) is 9.62 Å². The molecule has 0 atom stereocenters. The van der Waals surface area contributed by atoms with Crippen LogP contribution in [-0.2, 0) is 21.0 Å². The summed E-state index contributed by atoms with van der Waals surface area (Å²) >= 11 is 0. The van der Waals surface area contributed by atoms with Gasteiger partial charge in [0.15, 0.2) is 0 Å². The number of amides is 1. The molecule has 0 fully saturated rings. The van der Waals surface area contributed by atoms with Gasteiger partial charge in [0.25, 0.3) is 0 Å². The summed E-state index contributed by atoms with van der Waals surface area (Å²) < 4.78 is 64.0. The fourth-order valence-electron chi connectivity index (χ4n) is 1.95. The van der Waals surface area contributed by atoms with Crippen LogP contribution in [0.4, 0.5) is 13.2 Å². The molecule has 0 heterocycles. The fraction of sp³-hybridized carbons (Fsp3) is 0.500. The summed E-state index contributed by atoms with van der Waals surface area (Å²) in [7, 11) is -4.10. The number of benzene rings is 1. The van der Waals surface area contributed by atoms with Crippen LogP contribution in [0, 0.1) is 0 Å². The van der Waals surface area contributed by atoms with Gasteiger partial charge in [-0.05, 0) is 32.0 Å². The first-order valence-electron chi connectivity index (χ1n) is 7.06. The van der Waals surface area contributed by atoms with Crippen LogP contribution in [-0.4, -0.2) is 38.9 Å². The van der Waals surface area contributed by atoms with Gasteiger partial charge in [-0.2, -0.15) is 13.2 Å². The van der Waals surface area contributed by atoms with Gasteiger partial charge in [0.05, 0.1) is 10.5 Å². The van der Waals surface area contributed by atoms with Gasteiger partial charge in [0, 0.05) is 26.1 Å². The smallest absolute Gasteiger partial charge is 0.343 e. The Kier molecular flexibility index (Phi) is 6.57. The average Bonchev–Trinajstić information content (AvgIpc) is 2.47. The molecule has 0 aliphatic rings. The van der Waals surface area contributed by atoms with Crippen molar-refractivity contribution in [2.75, 3.05) is 19.6 Å². The molecule has 0 unspecified atom stereocenters. The molecule has 1 amide bonds. The van der Waals surface area contributed by atoms with Crippen molar-refractivity contribution in [2.45, 2.75) is 31.3 Å². The van der Waals surface area contributed by atoms with E-state index in [1.165, 1.54) is 0 Å². The largest absolute Gasteiger partial charge is 0.416 e. The maximum Gasteiger partial charge on any atom is 0.416 e. The lowest BCUT2D eigenvalue weighted by atomic mass is 10.2. The van der Waals surface area contributed by atoms with Crippen molar-refractivity contribution < 1.29 is 26.4 Å². The van der Waals surface area contributed by atoms with Gasteiger partial charge in [0.1, 0.15) is 0 Å². The summed E-state index contributed by atoms with van der Waals surface area (Å²) in [6.45, 7) is 4.45. The van der Waals surface area contributed by atoms with Gasteiger partial charge >= 0.3 is 6.18 Å². The van der Waals surface area contributed by atoms with E-state index >= 15 is 0 Å². The van der Waals surface area contributed by atoms with Crippen molar-refractivity contribution in [3.8, 4) is 0 Å². The number of hydrogen-bond acceptors (Lipinski definition) is 3. The fourth-order valence-corrected chi connectivity index (χ4v) is 3.03. The van der Waals surface area contributed by atoms with Crippen LogP contribution in [0.2, 0.25) is 0 Å².